The number of ether oxygens (including phenoxy) is 2. The summed E-state index contributed by atoms with van der Waals surface area (Å²) < 4.78 is 81.0. The SMILES string of the molecule is COc1c(Cl)cc2cc1S(=O)(=O)Nc1cc(c(F)cc1F)-c1ccc(F)nc1COC2=O. The van der Waals surface area contributed by atoms with Crippen LogP contribution in [0.15, 0.2) is 41.3 Å². The number of anilines is 1. The minimum absolute atomic E-state index is 0.0290. The van der Waals surface area contributed by atoms with Gasteiger partial charge in [0.15, 0.2) is 5.75 Å². The number of esters is 1. The average molecular weight is 485 g/mol. The maximum absolute atomic E-state index is 14.6. The van der Waals surface area contributed by atoms with E-state index in [0.29, 0.717) is 6.07 Å². The number of carbonyl (C=O) groups excluding carboxylic acids is 1. The second-order valence-corrected chi connectivity index (χ2v) is 8.67. The third kappa shape index (κ3) is 3.84. The molecular formula is C20H12ClF3N2O5S. The molecule has 1 N–H and O–H groups in total. The maximum atomic E-state index is 14.6. The first kappa shape index (κ1) is 21.9. The molecule has 1 aromatic heterocycles. The minimum Gasteiger partial charge on any atom is -0.494 e. The van der Waals surface area contributed by atoms with E-state index in [2.05, 4.69) is 4.98 Å². The van der Waals surface area contributed by atoms with E-state index in [1.807, 2.05) is 4.72 Å². The fraction of sp³-hybridized carbons (Fsp3) is 0.100. The van der Waals surface area contributed by atoms with Crippen molar-refractivity contribution in [2.24, 2.45) is 0 Å². The van der Waals surface area contributed by atoms with Crippen molar-refractivity contribution >= 4 is 33.3 Å². The van der Waals surface area contributed by atoms with Crippen molar-refractivity contribution in [3.05, 3.63) is 70.3 Å². The van der Waals surface area contributed by atoms with Crippen molar-refractivity contribution in [3.63, 3.8) is 0 Å². The van der Waals surface area contributed by atoms with Crippen LogP contribution in [0.1, 0.15) is 16.1 Å². The molecule has 0 atom stereocenters. The van der Waals surface area contributed by atoms with Crippen molar-refractivity contribution in [2.45, 2.75) is 11.5 Å². The lowest BCUT2D eigenvalue weighted by atomic mass is 10.0. The lowest BCUT2D eigenvalue weighted by Crippen LogP contribution is -2.16. The Morgan fingerprint density at radius 1 is 1.09 bits per heavy atom. The van der Waals surface area contributed by atoms with E-state index in [1.165, 1.54) is 0 Å². The highest BCUT2D eigenvalue weighted by Gasteiger charge is 2.28. The second-order valence-electron chi connectivity index (χ2n) is 6.61. The number of hydrogen-bond acceptors (Lipinski definition) is 6. The molecule has 12 heteroatoms. The highest BCUT2D eigenvalue weighted by atomic mass is 35.5. The van der Waals surface area contributed by atoms with Gasteiger partial charge in [-0.3, -0.25) is 4.72 Å². The molecule has 0 radical (unpaired) electrons. The molecule has 0 unspecified atom stereocenters. The summed E-state index contributed by atoms with van der Waals surface area (Å²) in [6.07, 6.45) is 0. The van der Waals surface area contributed by atoms with Crippen LogP contribution in [0.5, 0.6) is 5.75 Å². The Balaban J connectivity index is 2.02. The molecule has 3 aromatic rings. The summed E-state index contributed by atoms with van der Waals surface area (Å²) in [6.45, 7) is -0.586. The molecule has 4 bridgehead atoms. The van der Waals surface area contributed by atoms with Gasteiger partial charge in [-0.2, -0.15) is 4.39 Å². The number of cyclic esters (lactones) is 1. The van der Waals surface area contributed by atoms with Gasteiger partial charge in [0.1, 0.15) is 23.1 Å². The summed E-state index contributed by atoms with van der Waals surface area (Å²) in [5, 5.41) is -0.234. The number of nitrogens with one attached hydrogen (secondary N) is 1. The predicted molar refractivity (Wildman–Crippen MR) is 107 cm³/mol. The van der Waals surface area contributed by atoms with Gasteiger partial charge >= 0.3 is 5.97 Å². The quantitative estimate of drug-likeness (QED) is 0.409. The Kier molecular flexibility index (Phi) is 5.47. The predicted octanol–water partition coefficient (Wildman–Crippen LogP) is 4.30. The van der Waals surface area contributed by atoms with Crippen molar-refractivity contribution < 1.29 is 35.9 Å². The largest absolute Gasteiger partial charge is 0.494 e. The normalized spacial score (nSPS) is 14.7. The Labute approximate surface area is 184 Å². The second kappa shape index (κ2) is 7.99. The number of carbonyl (C=O) groups is 1. The summed E-state index contributed by atoms with van der Waals surface area (Å²) in [6, 6.07) is 5.47. The van der Waals surface area contributed by atoms with Crippen LogP contribution in [0.3, 0.4) is 0 Å². The van der Waals surface area contributed by atoms with Crippen LogP contribution in [-0.2, 0) is 21.4 Å². The molecule has 1 aliphatic heterocycles. The monoisotopic (exact) mass is 484 g/mol. The number of nitrogens with zero attached hydrogens (tertiary/aromatic N) is 1. The Morgan fingerprint density at radius 3 is 2.56 bits per heavy atom. The van der Waals surface area contributed by atoms with Crippen LogP contribution in [0, 0.1) is 17.6 Å². The topological polar surface area (TPSA) is 94.6 Å². The maximum Gasteiger partial charge on any atom is 0.338 e. The molecule has 0 spiro atoms. The molecule has 7 nitrogen and oxygen atoms in total. The number of benzene rings is 2. The minimum atomic E-state index is -4.57. The van der Waals surface area contributed by atoms with Gasteiger partial charge in [0.25, 0.3) is 10.0 Å². The molecule has 0 fully saturated rings. The number of pyridine rings is 1. The van der Waals surface area contributed by atoms with Gasteiger partial charge in [-0.05, 0) is 30.3 Å². The van der Waals surface area contributed by atoms with Crippen LogP contribution in [0.25, 0.3) is 11.1 Å². The summed E-state index contributed by atoms with van der Waals surface area (Å²) in [5.41, 5.74) is -1.37. The summed E-state index contributed by atoms with van der Waals surface area (Å²) in [5.74, 6) is -4.53. The molecule has 166 valence electrons. The van der Waals surface area contributed by atoms with E-state index in [9.17, 15) is 26.4 Å². The van der Waals surface area contributed by atoms with Crippen LogP contribution in [0.2, 0.25) is 5.02 Å². The number of aromatic nitrogens is 1. The Bertz CT molecular complexity index is 1380. The lowest BCUT2D eigenvalue weighted by molar-refractivity contribution is 0.0467. The average Bonchev–Trinajstić information content (AvgIpc) is 2.73. The Hall–Kier alpha value is -3.31. The number of hydrogen-bond donors (Lipinski definition) is 1. The van der Waals surface area contributed by atoms with Crippen LogP contribution in [-0.4, -0.2) is 26.5 Å². The van der Waals surface area contributed by atoms with Gasteiger partial charge < -0.3 is 9.47 Å². The zero-order valence-electron chi connectivity index (χ0n) is 16.1. The van der Waals surface area contributed by atoms with E-state index >= 15 is 0 Å². The van der Waals surface area contributed by atoms with Gasteiger partial charge in [0, 0.05) is 17.2 Å². The number of halogens is 4. The molecule has 0 aliphatic carbocycles. The summed E-state index contributed by atoms with van der Waals surface area (Å²) >= 11 is 6.08. The highest BCUT2D eigenvalue weighted by molar-refractivity contribution is 7.92. The summed E-state index contributed by atoms with van der Waals surface area (Å²) in [4.78, 5) is 15.6. The first-order chi connectivity index (χ1) is 15.1. The van der Waals surface area contributed by atoms with Crippen molar-refractivity contribution in [2.75, 3.05) is 11.8 Å². The fourth-order valence-corrected chi connectivity index (χ4v) is 4.79. The van der Waals surface area contributed by atoms with Gasteiger partial charge in [-0.25, -0.2) is 27.0 Å². The third-order valence-corrected chi connectivity index (χ3v) is 6.26. The van der Waals surface area contributed by atoms with E-state index in [1.54, 1.807) is 0 Å². The lowest BCUT2D eigenvalue weighted by Gasteiger charge is -2.15. The summed E-state index contributed by atoms with van der Waals surface area (Å²) in [7, 11) is -3.42. The zero-order chi connectivity index (χ0) is 23.2. The van der Waals surface area contributed by atoms with E-state index < -0.39 is 50.8 Å². The first-order valence-electron chi connectivity index (χ1n) is 8.83. The van der Waals surface area contributed by atoms with Gasteiger partial charge in [-0.1, -0.05) is 11.6 Å². The fourth-order valence-electron chi connectivity index (χ4n) is 3.16. The van der Waals surface area contributed by atoms with Crippen LogP contribution < -0.4 is 9.46 Å². The van der Waals surface area contributed by atoms with E-state index in [4.69, 9.17) is 21.1 Å². The number of fused-ring (bicyclic) bond motifs is 6. The van der Waals surface area contributed by atoms with Gasteiger partial charge in [0.05, 0.1) is 29.1 Å². The molecule has 0 saturated carbocycles. The van der Waals surface area contributed by atoms with Crippen molar-refractivity contribution in [1.82, 2.24) is 4.98 Å². The standard InChI is InChI=1S/C20H12ClF3N2O5S/c1-30-19-12(21)4-9-5-17(19)32(28,29)26-15-6-11(13(22)7-14(15)23)10-2-3-18(24)25-16(10)8-31-20(9)27/h2-7,26H,8H2,1H3. The zero-order valence-corrected chi connectivity index (χ0v) is 17.7. The van der Waals surface area contributed by atoms with Crippen molar-refractivity contribution in [3.8, 4) is 16.9 Å². The van der Waals surface area contributed by atoms with Gasteiger partial charge in [0.2, 0.25) is 5.95 Å². The Morgan fingerprint density at radius 2 is 1.84 bits per heavy atom. The van der Waals surface area contributed by atoms with E-state index in [0.717, 1.165) is 37.4 Å². The van der Waals surface area contributed by atoms with Crippen LogP contribution in [0.4, 0.5) is 18.9 Å². The molecule has 1 aliphatic rings. The highest BCUT2D eigenvalue weighted by Crippen LogP contribution is 2.37. The smallest absolute Gasteiger partial charge is 0.338 e. The number of sulfonamides is 1. The first-order valence-corrected chi connectivity index (χ1v) is 10.7. The number of methoxy groups -OCH3 is 1. The van der Waals surface area contributed by atoms with Crippen LogP contribution >= 0.6 is 11.6 Å². The molecule has 4 rings (SSSR count). The molecule has 0 amide bonds. The molecule has 2 heterocycles. The molecule has 0 saturated heterocycles. The molecule has 32 heavy (non-hydrogen) atoms. The van der Waals surface area contributed by atoms with Gasteiger partial charge in [-0.15, -0.1) is 0 Å². The van der Waals surface area contributed by atoms with E-state index in [-0.39, 0.29) is 33.2 Å². The molecular weight excluding hydrogens is 473 g/mol. The molecule has 2 aromatic carbocycles. The number of rotatable bonds is 1. The third-order valence-electron chi connectivity index (χ3n) is 4.61. The van der Waals surface area contributed by atoms with Crippen molar-refractivity contribution in [1.29, 1.82) is 0 Å².